The van der Waals surface area contributed by atoms with Crippen LogP contribution in [0, 0.1) is 0 Å². The highest BCUT2D eigenvalue weighted by Crippen LogP contribution is 2.11. The molecule has 27 nitrogen and oxygen atoms in total. The molecule has 1 heterocycles. The van der Waals surface area contributed by atoms with E-state index in [9.17, 15) is 83.1 Å². The van der Waals surface area contributed by atoms with Crippen LogP contribution >= 0.6 is 0 Å². The highest BCUT2D eigenvalue weighted by Gasteiger charge is 2.36. The van der Waals surface area contributed by atoms with Crippen LogP contribution in [0.15, 0.2) is 30.3 Å². The minimum absolute atomic E-state index is 0.0715. The molecule has 10 amide bonds. The number of carbonyl (C=O) groups excluding carboxylic acids is 11. The number of carbonyl (C=O) groups is 12. The van der Waals surface area contributed by atoms with Crippen molar-refractivity contribution in [3.63, 3.8) is 0 Å². The largest absolute Gasteiger partial charge is 0.481 e. The number of nitrogens with two attached hydrogens (primary N) is 2. The number of ketones is 1. The van der Waals surface area contributed by atoms with E-state index in [0.29, 0.717) is 18.4 Å². The molecule has 1 saturated heterocycles. The molecule has 0 aromatic heterocycles. The third-order valence-electron chi connectivity index (χ3n) is 10.5. The molecule has 69 heavy (non-hydrogen) atoms. The predicted octanol–water partition coefficient (Wildman–Crippen LogP) is -7.00. The van der Waals surface area contributed by atoms with E-state index in [0.717, 1.165) is 6.92 Å². The van der Waals surface area contributed by atoms with Gasteiger partial charge in [-0.3, -0.25) is 57.5 Å². The van der Waals surface area contributed by atoms with Crippen LogP contribution in [-0.2, 0) is 64.0 Å². The standard InChI is InChI=1S/C42H62N10O17/c1-21(56)34-42(69)51-30(20-55)40(67)46-24(13-14-33(60)61)36(63)50-29(19-54)41(68)48-26(15-22-9-5-4-6-10-22)37(64)47-25(35(44)62)16-23(57)11-7-2-3-8-12-32(59)45-28(18-53)39(66)49-27(17-31(43)58)38(65)52-34/h4-6,9-10,21,24-30,34,53-56H,2-3,7-8,11-20H2,1H3,(H2,43,58)(H2,44,62)(H,45,59)(H,46,67)(H,47,64)(H,48,68)(H,49,66)(H,50,63)(H,51,69)(H,52,65)(H,60,61)/t21-,24?,25?,26?,27+,28?,29+,30+,34+/m1/s1. The van der Waals surface area contributed by atoms with Crippen molar-refractivity contribution >= 4 is 70.8 Å². The second-order valence-corrected chi connectivity index (χ2v) is 16.1. The number of hydrogen-bond acceptors (Lipinski definition) is 16. The van der Waals surface area contributed by atoms with Gasteiger partial charge in [0.05, 0.1) is 32.3 Å². The van der Waals surface area contributed by atoms with Crippen LogP contribution in [0.25, 0.3) is 0 Å². The Morgan fingerprint density at radius 3 is 1.58 bits per heavy atom. The maximum absolute atomic E-state index is 13.7. The Kier molecular flexibility index (Phi) is 24.9. The summed E-state index contributed by atoms with van der Waals surface area (Å²) in [5.41, 5.74) is 11.3. The summed E-state index contributed by atoms with van der Waals surface area (Å²) in [6, 6.07) is -6.21. The molecule has 0 saturated carbocycles. The van der Waals surface area contributed by atoms with E-state index in [1.165, 1.54) is 0 Å². The topological polar surface area (TPSA) is 454 Å². The molecule has 27 heteroatoms. The van der Waals surface area contributed by atoms with Crippen LogP contribution in [0.3, 0.4) is 0 Å². The summed E-state index contributed by atoms with van der Waals surface area (Å²) < 4.78 is 0. The zero-order valence-corrected chi connectivity index (χ0v) is 37.8. The lowest BCUT2D eigenvalue weighted by atomic mass is 10.0. The lowest BCUT2D eigenvalue weighted by molar-refractivity contribution is -0.139. The number of Topliss-reactive ketones (excluding diaryl/α,β-unsaturated/α-hetero) is 1. The lowest BCUT2D eigenvalue weighted by Crippen LogP contribution is -2.62. The van der Waals surface area contributed by atoms with Crippen LogP contribution in [-0.4, -0.2) is 171 Å². The first-order chi connectivity index (χ1) is 32.6. The first kappa shape index (κ1) is 58.0. The molecule has 1 aliphatic rings. The SMILES string of the molecule is C[C@@H](O)[C@@H]1NC(=O)[C@H](CC(N)=O)NC(=O)C(CO)NC(=O)CCCCCCC(=O)CC(C(N)=O)NC(=O)C(Cc2ccccc2)NC(=O)[C@H](CO)NC(=O)C(CCC(=O)O)NC(=O)[C@H](CO)NC1=O. The van der Waals surface area contributed by atoms with Gasteiger partial charge < -0.3 is 79.5 Å². The molecule has 9 atom stereocenters. The second-order valence-electron chi connectivity index (χ2n) is 16.1. The van der Waals surface area contributed by atoms with E-state index < -0.39 is 171 Å². The van der Waals surface area contributed by atoms with Crippen molar-refractivity contribution in [2.45, 2.75) is 132 Å². The zero-order valence-electron chi connectivity index (χ0n) is 37.8. The number of amides is 10. The minimum Gasteiger partial charge on any atom is -0.481 e. The molecule has 2 rings (SSSR count). The van der Waals surface area contributed by atoms with E-state index >= 15 is 0 Å². The van der Waals surface area contributed by atoms with Gasteiger partial charge in [-0.15, -0.1) is 0 Å². The normalized spacial score (nSPS) is 25.8. The molecule has 0 aliphatic carbocycles. The average Bonchev–Trinajstić information content (AvgIpc) is 3.29. The van der Waals surface area contributed by atoms with Crippen molar-refractivity contribution in [3.05, 3.63) is 35.9 Å². The first-order valence-corrected chi connectivity index (χ1v) is 21.9. The Morgan fingerprint density at radius 2 is 1.06 bits per heavy atom. The fraction of sp³-hybridized carbons (Fsp3) is 0.571. The predicted molar refractivity (Wildman–Crippen MR) is 236 cm³/mol. The highest BCUT2D eigenvalue weighted by molar-refractivity contribution is 5.99. The second kappa shape index (κ2) is 29.6. The van der Waals surface area contributed by atoms with Crippen molar-refractivity contribution in [2.24, 2.45) is 11.5 Å². The molecular formula is C42H62N10O17. The maximum Gasteiger partial charge on any atom is 0.303 e. The van der Waals surface area contributed by atoms with Crippen molar-refractivity contribution in [1.29, 1.82) is 0 Å². The number of aliphatic hydroxyl groups is 4. The van der Waals surface area contributed by atoms with Gasteiger partial charge in [0.2, 0.25) is 59.1 Å². The summed E-state index contributed by atoms with van der Waals surface area (Å²) >= 11 is 0. The third-order valence-corrected chi connectivity index (χ3v) is 10.5. The fourth-order valence-electron chi connectivity index (χ4n) is 6.65. The summed E-state index contributed by atoms with van der Waals surface area (Å²) in [5.74, 6) is -13.5. The summed E-state index contributed by atoms with van der Waals surface area (Å²) in [5, 5.41) is 67.5. The van der Waals surface area contributed by atoms with E-state index in [1.54, 1.807) is 30.3 Å². The van der Waals surface area contributed by atoms with Crippen molar-refractivity contribution in [2.75, 3.05) is 19.8 Å². The first-order valence-electron chi connectivity index (χ1n) is 21.9. The van der Waals surface area contributed by atoms with Gasteiger partial charge in [-0.1, -0.05) is 43.2 Å². The summed E-state index contributed by atoms with van der Waals surface area (Å²) in [6.07, 6.45) is -3.80. The number of rotatable bonds is 12. The molecular weight excluding hydrogens is 917 g/mol. The average molecular weight is 979 g/mol. The van der Waals surface area contributed by atoms with E-state index in [-0.39, 0.29) is 32.1 Å². The summed E-state index contributed by atoms with van der Waals surface area (Å²) in [6.45, 7) is -2.31. The maximum atomic E-state index is 13.7. The lowest BCUT2D eigenvalue weighted by Gasteiger charge is -2.28. The molecule has 382 valence electrons. The molecule has 1 aromatic rings. The molecule has 1 aliphatic heterocycles. The molecule has 1 fully saturated rings. The Balaban J connectivity index is 2.54. The number of carboxylic acids is 1. The monoisotopic (exact) mass is 978 g/mol. The number of aliphatic carboxylic acids is 1. The number of carboxylic acid groups (broad SMARTS) is 1. The molecule has 0 bridgehead atoms. The molecule has 4 unspecified atom stereocenters. The number of aliphatic hydroxyl groups excluding tert-OH is 4. The van der Waals surface area contributed by atoms with Crippen LogP contribution < -0.4 is 54.0 Å². The van der Waals surface area contributed by atoms with E-state index in [4.69, 9.17) is 11.5 Å². The van der Waals surface area contributed by atoms with Gasteiger partial charge in [0.1, 0.15) is 54.1 Å². The Labute approximate surface area is 395 Å². The van der Waals surface area contributed by atoms with Gasteiger partial charge >= 0.3 is 5.97 Å². The molecule has 0 spiro atoms. The van der Waals surface area contributed by atoms with Crippen molar-refractivity contribution in [1.82, 2.24) is 42.5 Å². The van der Waals surface area contributed by atoms with Gasteiger partial charge in [-0.05, 0) is 31.7 Å². The van der Waals surface area contributed by atoms with Crippen LogP contribution in [0.1, 0.15) is 76.7 Å². The van der Waals surface area contributed by atoms with Gasteiger partial charge in [-0.2, -0.15) is 0 Å². The fourth-order valence-corrected chi connectivity index (χ4v) is 6.65. The van der Waals surface area contributed by atoms with Crippen LogP contribution in [0.4, 0.5) is 0 Å². The van der Waals surface area contributed by atoms with Gasteiger partial charge in [0, 0.05) is 32.1 Å². The van der Waals surface area contributed by atoms with E-state index in [1.807, 2.05) is 5.32 Å². The molecule has 0 radical (unpaired) electrons. The number of benzene rings is 1. The Hall–Kier alpha value is -7.10. The Morgan fingerprint density at radius 1 is 0.594 bits per heavy atom. The van der Waals surface area contributed by atoms with Crippen LogP contribution in [0.2, 0.25) is 0 Å². The number of primary amides is 2. The van der Waals surface area contributed by atoms with Crippen molar-refractivity contribution < 1.29 is 83.1 Å². The number of hydrogen-bond donors (Lipinski definition) is 15. The number of nitrogens with one attached hydrogen (secondary N) is 8. The third kappa shape index (κ3) is 20.8. The van der Waals surface area contributed by atoms with E-state index in [2.05, 4.69) is 37.2 Å². The van der Waals surface area contributed by atoms with Crippen LogP contribution in [0.5, 0.6) is 0 Å². The Bertz CT molecular complexity index is 2010. The minimum atomic E-state index is -1.99. The van der Waals surface area contributed by atoms with Gasteiger partial charge in [0.25, 0.3) is 0 Å². The summed E-state index contributed by atoms with van der Waals surface area (Å²) in [4.78, 5) is 156. The molecule has 17 N–H and O–H groups in total. The molecule has 1 aromatic carbocycles. The zero-order chi connectivity index (χ0) is 51.8. The quantitative estimate of drug-likeness (QED) is 0.0925. The van der Waals surface area contributed by atoms with Crippen molar-refractivity contribution in [3.8, 4) is 0 Å². The van der Waals surface area contributed by atoms with Gasteiger partial charge in [-0.25, -0.2) is 0 Å². The van der Waals surface area contributed by atoms with Gasteiger partial charge in [0.15, 0.2) is 0 Å². The highest BCUT2D eigenvalue weighted by atomic mass is 16.4. The smallest absolute Gasteiger partial charge is 0.303 e. The summed E-state index contributed by atoms with van der Waals surface area (Å²) in [7, 11) is 0.